The maximum atomic E-state index is 13.6. The summed E-state index contributed by atoms with van der Waals surface area (Å²) in [5.41, 5.74) is -0.754. The van der Waals surface area contributed by atoms with Gasteiger partial charge in [0, 0.05) is 24.9 Å². The van der Waals surface area contributed by atoms with Gasteiger partial charge in [-0.25, -0.2) is 9.37 Å². The van der Waals surface area contributed by atoms with Crippen LogP contribution in [-0.4, -0.2) is 29.0 Å². The van der Waals surface area contributed by atoms with Crippen molar-refractivity contribution in [2.24, 2.45) is 0 Å². The Morgan fingerprint density at radius 2 is 2.12 bits per heavy atom. The van der Waals surface area contributed by atoms with Crippen LogP contribution in [0.2, 0.25) is 10.0 Å². The fourth-order valence-corrected chi connectivity index (χ4v) is 2.28. The summed E-state index contributed by atoms with van der Waals surface area (Å²) in [6.45, 7) is 0.373. The Morgan fingerprint density at radius 3 is 2.80 bits per heavy atom. The van der Waals surface area contributed by atoms with Gasteiger partial charge in [0.05, 0.1) is 22.1 Å². The molecule has 1 N–H and O–H groups in total. The summed E-state index contributed by atoms with van der Waals surface area (Å²) in [6, 6.07) is 4.24. The van der Waals surface area contributed by atoms with Gasteiger partial charge in [0.15, 0.2) is 0 Å². The second kappa shape index (κ2) is 8.59. The van der Waals surface area contributed by atoms with Gasteiger partial charge in [-0.2, -0.15) is 0 Å². The second-order valence-corrected chi connectivity index (χ2v) is 5.66. The highest BCUT2D eigenvalue weighted by molar-refractivity contribution is 6.35. The number of amides is 1. The van der Waals surface area contributed by atoms with E-state index in [0.29, 0.717) is 11.4 Å². The Bertz CT molecular complexity index is 804. The van der Waals surface area contributed by atoms with Gasteiger partial charge in [-0.3, -0.25) is 14.9 Å². The summed E-state index contributed by atoms with van der Waals surface area (Å²) in [7, 11) is 0. The third-order valence-electron chi connectivity index (χ3n) is 3.02. The van der Waals surface area contributed by atoms with Crippen LogP contribution in [-0.2, 0) is 0 Å². The van der Waals surface area contributed by atoms with E-state index in [9.17, 15) is 19.3 Å². The lowest BCUT2D eigenvalue weighted by Crippen LogP contribution is -2.26. The number of nitrogens with zero attached hydrogens (tertiary/aromatic N) is 2. The van der Waals surface area contributed by atoms with Crippen LogP contribution >= 0.6 is 23.2 Å². The predicted octanol–water partition coefficient (Wildman–Crippen LogP) is 3.63. The highest BCUT2D eigenvalue weighted by Crippen LogP contribution is 2.24. The lowest BCUT2D eigenvalue weighted by molar-refractivity contribution is -0.384. The van der Waals surface area contributed by atoms with Gasteiger partial charge in [0.1, 0.15) is 10.8 Å². The third-order valence-corrected chi connectivity index (χ3v) is 3.50. The number of nitro groups is 1. The van der Waals surface area contributed by atoms with E-state index < -0.39 is 22.2 Å². The van der Waals surface area contributed by atoms with Gasteiger partial charge in [-0.15, -0.1) is 0 Å². The van der Waals surface area contributed by atoms with E-state index in [0.717, 1.165) is 18.2 Å². The van der Waals surface area contributed by atoms with Crippen LogP contribution in [0.3, 0.4) is 0 Å². The summed E-state index contributed by atoms with van der Waals surface area (Å²) in [6.07, 6.45) is 1.78. The number of non-ortho nitro benzene ring substituents is 1. The molecule has 1 amide bonds. The Morgan fingerprint density at radius 1 is 1.36 bits per heavy atom. The van der Waals surface area contributed by atoms with Crippen molar-refractivity contribution in [3.05, 3.63) is 62.0 Å². The van der Waals surface area contributed by atoms with Crippen molar-refractivity contribution < 1.29 is 18.8 Å². The molecule has 0 aliphatic heterocycles. The Balaban J connectivity index is 1.83. The molecule has 0 fully saturated rings. The third kappa shape index (κ3) is 5.27. The summed E-state index contributed by atoms with van der Waals surface area (Å²) in [5.74, 6) is -1.37. The molecular formula is C15H12Cl2FN3O4. The topological polar surface area (TPSA) is 94.4 Å². The molecule has 0 radical (unpaired) electrons. The molecule has 2 rings (SSSR count). The number of nitrogens with one attached hydrogen (secondary N) is 1. The molecule has 10 heteroatoms. The average molecular weight is 388 g/mol. The molecule has 132 valence electrons. The fraction of sp³-hybridized carbons (Fsp3) is 0.200. The number of hydrogen-bond donors (Lipinski definition) is 1. The minimum atomic E-state index is -0.837. The van der Waals surface area contributed by atoms with Gasteiger partial charge >= 0.3 is 0 Å². The van der Waals surface area contributed by atoms with E-state index in [1.807, 2.05) is 0 Å². The first-order chi connectivity index (χ1) is 11.9. The highest BCUT2D eigenvalue weighted by atomic mass is 35.5. The molecule has 0 atom stereocenters. The zero-order chi connectivity index (χ0) is 18.4. The first kappa shape index (κ1) is 18.9. The molecule has 1 heterocycles. The quantitative estimate of drug-likeness (QED) is 0.444. The van der Waals surface area contributed by atoms with Crippen molar-refractivity contribution in [3.63, 3.8) is 0 Å². The fourth-order valence-electron chi connectivity index (χ4n) is 1.85. The standard InChI is InChI=1S/C15H12Cl2FN3O4/c16-9-6-12(17)15(20-8-9)25-5-1-4-19-14(22)11-7-10(21(23)24)2-3-13(11)18/h2-3,6-8H,1,4-5H2,(H,19,22). The van der Waals surface area contributed by atoms with Crippen molar-refractivity contribution in [2.45, 2.75) is 6.42 Å². The van der Waals surface area contributed by atoms with E-state index in [2.05, 4.69) is 10.3 Å². The molecule has 0 spiro atoms. The smallest absolute Gasteiger partial charge is 0.270 e. The molecule has 0 saturated carbocycles. The van der Waals surface area contributed by atoms with E-state index in [-0.39, 0.29) is 29.7 Å². The number of carbonyl (C=O) groups is 1. The summed E-state index contributed by atoms with van der Waals surface area (Å²) < 4.78 is 19.0. The molecule has 0 saturated heterocycles. The lowest BCUT2D eigenvalue weighted by atomic mass is 10.1. The van der Waals surface area contributed by atoms with Crippen molar-refractivity contribution in [1.29, 1.82) is 0 Å². The number of ether oxygens (including phenoxy) is 1. The van der Waals surface area contributed by atoms with Crippen LogP contribution in [0.4, 0.5) is 10.1 Å². The molecule has 25 heavy (non-hydrogen) atoms. The van der Waals surface area contributed by atoms with Crippen LogP contribution in [0.5, 0.6) is 5.88 Å². The molecule has 1 aromatic heterocycles. The zero-order valence-corrected chi connectivity index (χ0v) is 14.2. The van der Waals surface area contributed by atoms with Crippen LogP contribution in [0.15, 0.2) is 30.5 Å². The highest BCUT2D eigenvalue weighted by Gasteiger charge is 2.16. The number of halogens is 3. The molecule has 0 bridgehead atoms. The van der Waals surface area contributed by atoms with Crippen molar-refractivity contribution in [3.8, 4) is 5.88 Å². The van der Waals surface area contributed by atoms with Gasteiger partial charge < -0.3 is 10.1 Å². The van der Waals surface area contributed by atoms with E-state index in [1.165, 1.54) is 12.3 Å². The van der Waals surface area contributed by atoms with E-state index in [4.69, 9.17) is 27.9 Å². The molecule has 0 aliphatic carbocycles. The monoisotopic (exact) mass is 387 g/mol. The summed E-state index contributed by atoms with van der Waals surface area (Å²) in [4.78, 5) is 25.8. The molecule has 0 unspecified atom stereocenters. The van der Waals surface area contributed by atoms with Crippen LogP contribution in [0.25, 0.3) is 0 Å². The summed E-state index contributed by atoms with van der Waals surface area (Å²) in [5, 5.41) is 13.8. The number of benzene rings is 1. The van der Waals surface area contributed by atoms with Crippen molar-refractivity contribution in [2.75, 3.05) is 13.2 Å². The van der Waals surface area contributed by atoms with Crippen molar-refractivity contribution >= 4 is 34.8 Å². The zero-order valence-electron chi connectivity index (χ0n) is 12.7. The maximum Gasteiger partial charge on any atom is 0.270 e. The van der Waals surface area contributed by atoms with Gasteiger partial charge in [-0.1, -0.05) is 23.2 Å². The first-order valence-electron chi connectivity index (χ1n) is 7.04. The Labute approximate surface area is 151 Å². The number of hydrogen-bond acceptors (Lipinski definition) is 5. The molecule has 2 aromatic rings. The van der Waals surface area contributed by atoms with Gasteiger partial charge in [0.2, 0.25) is 5.88 Å². The number of rotatable bonds is 7. The van der Waals surface area contributed by atoms with E-state index in [1.54, 1.807) is 0 Å². The molecule has 1 aromatic carbocycles. The van der Waals surface area contributed by atoms with Gasteiger partial charge in [0.25, 0.3) is 11.6 Å². The van der Waals surface area contributed by atoms with Crippen LogP contribution in [0, 0.1) is 15.9 Å². The Kier molecular flexibility index (Phi) is 6.49. The predicted molar refractivity (Wildman–Crippen MR) is 89.8 cm³/mol. The minimum absolute atomic E-state index is 0.173. The van der Waals surface area contributed by atoms with E-state index >= 15 is 0 Å². The molecular weight excluding hydrogens is 376 g/mol. The molecule has 0 aliphatic rings. The first-order valence-corrected chi connectivity index (χ1v) is 7.80. The minimum Gasteiger partial charge on any atom is -0.477 e. The van der Waals surface area contributed by atoms with Crippen LogP contribution < -0.4 is 10.1 Å². The normalized spacial score (nSPS) is 10.4. The number of aromatic nitrogens is 1. The number of pyridine rings is 1. The van der Waals surface area contributed by atoms with Crippen LogP contribution in [0.1, 0.15) is 16.8 Å². The number of carbonyl (C=O) groups excluding carboxylic acids is 1. The average Bonchev–Trinajstić information content (AvgIpc) is 2.56. The maximum absolute atomic E-state index is 13.6. The lowest BCUT2D eigenvalue weighted by Gasteiger charge is -2.08. The van der Waals surface area contributed by atoms with Gasteiger partial charge in [-0.05, 0) is 18.6 Å². The number of nitro benzene ring substituents is 1. The largest absolute Gasteiger partial charge is 0.477 e. The second-order valence-electron chi connectivity index (χ2n) is 4.82. The van der Waals surface area contributed by atoms with Crippen molar-refractivity contribution in [1.82, 2.24) is 10.3 Å². The Hall–Kier alpha value is -2.45. The summed E-state index contributed by atoms with van der Waals surface area (Å²) >= 11 is 11.6. The molecule has 7 nitrogen and oxygen atoms in total. The SMILES string of the molecule is O=C(NCCCOc1ncc(Cl)cc1Cl)c1cc([N+](=O)[O-])ccc1F.